The molecular weight excluding hydrogens is 343 g/mol. The second-order valence-electron chi connectivity index (χ2n) is 6.06. The number of Topliss-reactive ketones (excluding diaryl/α,β-unsaturated/α-hetero) is 2. The van der Waals surface area contributed by atoms with Crippen molar-refractivity contribution in [1.82, 2.24) is 4.90 Å². The SMILES string of the molecule is [CH2-]N(C)C(=O)CC(C)(C)C1=C(C)C(=O)C(C)=C(C)C1=O.[Y]. The molecule has 1 radical (unpaired) electrons. The van der Waals surface area contributed by atoms with E-state index in [1.165, 1.54) is 4.90 Å². The van der Waals surface area contributed by atoms with E-state index in [1.807, 2.05) is 13.8 Å². The number of ketones is 2. The average Bonchev–Trinajstić information content (AvgIpc) is 2.33. The monoisotopic (exact) mass is 365 g/mol. The van der Waals surface area contributed by atoms with Crippen LogP contribution in [0.2, 0.25) is 0 Å². The second kappa shape index (κ2) is 7.10. The maximum absolute atomic E-state index is 12.5. The van der Waals surface area contributed by atoms with Crippen LogP contribution in [0.25, 0.3) is 0 Å². The fourth-order valence-corrected chi connectivity index (χ4v) is 2.51. The first-order chi connectivity index (χ1) is 9.00. The van der Waals surface area contributed by atoms with Crippen LogP contribution in [0.5, 0.6) is 0 Å². The molecule has 0 bridgehead atoms. The van der Waals surface area contributed by atoms with Gasteiger partial charge in [-0.25, -0.2) is 0 Å². The third-order valence-corrected chi connectivity index (χ3v) is 3.88. The van der Waals surface area contributed by atoms with Crippen molar-refractivity contribution in [2.45, 2.75) is 41.0 Å². The Morgan fingerprint density at radius 1 is 1.05 bits per heavy atom. The van der Waals surface area contributed by atoms with Crippen LogP contribution < -0.4 is 0 Å². The molecule has 1 aliphatic rings. The standard InChI is InChI=1S/C16H22NO3.Y/c1-9-10(2)15(20)13(11(3)14(9)19)16(4,5)8-12(18)17(6)7;/h6,8H2,1-5,7H3;/q-1;. The first-order valence-electron chi connectivity index (χ1n) is 6.56. The normalized spacial score (nSPS) is 16.1. The molecule has 0 unspecified atom stereocenters. The van der Waals surface area contributed by atoms with Gasteiger partial charge in [-0.1, -0.05) is 13.8 Å². The maximum atomic E-state index is 12.5. The first-order valence-corrected chi connectivity index (χ1v) is 6.56. The summed E-state index contributed by atoms with van der Waals surface area (Å²) >= 11 is 0. The molecule has 0 saturated heterocycles. The molecular formula is C16H22NO3Y-. The van der Waals surface area contributed by atoms with Gasteiger partial charge in [0.05, 0.1) is 0 Å². The molecule has 0 saturated carbocycles. The number of rotatable bonds is 3. The molecule has 1 amide bonds. The summed E-state index contributed by atoms with van der Waals surface area (Å²) in [5.41, 5.74) is 1.16. The zero-order valence-corrected chi connectivity index (χ0v) is 16.5. The minimum Gasteiger partial charge on any atom is -0.498 e. The summed E-state index contributed by atoms with van der Waals surface area (Å²) < 4.78 is 0. The summed E-state index contributed by atoms with van der Waals surface area (Å²) in [6.07, 6.45) is 0.144. The first kappa shape index (κ1) is 20.4. The largest absolute Gasteiger partial charge is 0.498 e. The zero-order valence-electron chi connectivity index (χ0n) is 13.7. The molecule has 4 nitrogen and oxygen atoms in total. The molecule has 0 aliphatic heterocycles. The molecule has 0 spiro atoms. The van der Waals surface area contributed by atoms with Gasteiger partial charge in [-0.15, -0.1) is 0 Å². The van der Waals surface area contributed by atoms with E-state index in [1.54, 1.807) is 27.8 Å². The fourth-order valence-electron chi connectivity index (χ4n) is 2.51. The van der Waals surface area contributed by atoms with Crippen molar-refractivity contribution in [3.05, 3.63) is 29.3 Å². The summed E-state index contributed by atoms with van der Waals surface area (Å²) in [5.74, 6) is -0.413. The van der Waals surface area contributed by atoms with Crippen LogP contribution >= 0.6 is 0 Å². The summed E-state index contributed by atoms with van der Waals surface area (Å²) in [4.78, 5) is 37.8. The Labute approximate surface area is 151 Å². The Morgan fingerprint density at radius 2 is 1.48 bits per heavy atom. The summed E-state index contributed by atoms with van der Waals surface area (Å²) in [7, 11) is 5.13. The van der Waals surface area contributed by atoms with Gasteiger partial charge in [0.15, 0.2) is 17.5 Å². The second-order valence-corrected chi connectivity index (χ2v) is 6.06. The summed E-state index contributed by atoms with van der Waals surface area (Å²) in [6, 6.07) is 0. The molecule has 5 heteroatoms. The molecule has 0 aromatic carbocycles. The van der Waals surface area contributed by atoms with Crippen molar-refractivity contribution in [3.63, 3.8) is 0 Å². The van der Waals surface area contributed by atoms with E-state index in [-0.39, 0.29) is 56.6 Å². The molecule has 1 aliphatic carbocycles. The van der Waals surface area contributed by atoms with Gasteiger partial charge in [0.25, 0.3) is 0 Å². The predicted molar refractivity (Wildman–Crippen MR) is 77.6 cm³/mol. The van der Waals surface area contributed by atoms with Crippen molar-refractivity contribution in [2.24, 2.45) is 5.41 Å². The molecule has 0 fully saturated rings. The Hall–Kier alpha value is -0.606. The van der Waals surface area contributed by atoms with Crippen LogP contribution in [-0.4, -0.2) is 29.4 Å². The van der Waals surface area contributed by atoms with Gasteiger partial charge in [0, 0.05) is 66.8 Å². The smallest absolute Gasteiger partial charge is 0.193 e. The average molecular weight is 365 g/mol. The van der Waals surface area contributed by atoms with Gasteiger partial charge >= 0.3 is 0 Å². The quantitative estimate of drug-likeness (QED) is 0.570. The molecule has 113 valence electrons. The summed E-state index contributed by atoms with van der Waals surface area (Å²) in [5, 5.41) is 0. The Balaban J connectivity index is 0.00000400. The third-order valence-electron chi connectivity index (χ3n) is 3.88. The minimum absolute atomic E-state index is 0. The van der Waals surface area contributed by atoms with E-state index in [2.05, 4.69) is 7.05 Å². The van der Waals surface area contributed by atoms with Crippen LogP contribution in [0.1, 0.15) is 41.0 Å². The molecule has 0 heterocycles. The molecule has 0 N–H and O–H groups in total. The topological polar surface area (TPSA) is 54.5 Å². The van der Waals surface area contributed by atoms with Gasteiger partial charge in [0.1, 0.15) is 0 Å². The van der Waals surface area contributed by atoms with E-state index in [0.29, 0.717) is 22.3 Å². The third kappa shape index (κ3) is 3.98. The number of hydrogen-bond acceptors (Lipinski definition) is 3. The van der Waals surface area contributed by atoms with Crippen LogP contribution in [0.15, 0.2) is 22.3 Å². The van der Waals surface area contributed by atoms with Crippen molar-refractivity contribution < 1.29 is 47.1 Å². The van der Waals surface area contributed by atoms with Gasteiger partial charge in [-0.3, -0.25) is 21.4 Å². The van der Waals surface area contributed by atoms with E-state index < -0.39 is 5.41 Å². The molecule has 0 atom stereocenters. The Bertz CT molecular complexity index is 554. The number of amides is 1. The van der Waals surface area contributed by atoms with Gasteiger partial charge < -0.3 is 4.90 Å². The van der Waals surface area contributed by atoms with Crippen molar-refractivity contribution in [1.29, 1.82) is 0 Å². The number of hydrogen-bond donors (Lipinski definition) is 0. The van der Waals surface area contributed by atoms with E-state index in [9.17, 15) is 14.4 Å². The van der Waals surface area contributed by atoms with Crippen molar-refractivity contribution in [3.8, 4) is 0 Å². The number of allylic oxidation sites excluding steroid dienone is 4. The van der Waals surface area contributed by atoms with Crippen LogP contribution in [0.4, 0.5) is 0 Å². The van der Waals surface area contributed by atoms with Crippen molar-refractivity contribution in [2.75, 3.05) is 7.05 Å². The van der Waals surface area contributed by atoms with E-state index >= 15 is 0 Å². The molecule has 1 rings (SSSR count). The van der Waals surface area contributed by atoms with Crippen molar-refractivity contribution >= 4 is 17.5 Å². The fraction of sp³-hybridized carbons (Fsp3) is 0.500. The molecule has 0 aromatic heterocycles. The Kier molecular flexibility index (Phi) is 6.90. The van der Waals surface area contributed by atoms with Crippen LogP contribution in [0.3, 0.4) is 0 Å². The number of carbonyl (C=O) groups excluding carboxylic acids is 3. The number of carbonyl (C=O) groups is 3. The number of nitrogens with zero attached hydrogens (tertiary/aromatic N) is 1. The van der Waals surface area contributed by atoms with Crippen LogP contribution in [0, 0.1) is 12.5 Å². The predicted octanol–water partition coefficient (Wildman–Crippen LogP) is 2.45. The van der Waals surface area contributed by atoms with Gasteiger partial charge in [-0.2, -0.15) is 0 Å². The minimum atomic E-state index is -0.693. The van der Waals surface area contributed by atoms with Crippen LogP contribution in [-0.2, 0) is 47.1 Å². The molecule has 21 heavy (non-hydrogen) atoms. The maximum Gasteiger partial charge on any atom is 0.193 e. The van der Waals surface area contributed by atoms with E-state index in [0.717, 1.165) is 0 Å². The van der Waals surface area contributed by atoms with Gasteiger partial charge in [-0.05, 0) is 27.8 Å². The van der Waals surface area contributed by atoms with E-state index in [4.69, 9.17) is 0 Å². The van der Waals surface area contributed by atoms with Gasteiger partial charge in [0.2, 0.25) is 0 Å². The zero-order chi connectivity index (χ0) is 15.8. The Morgan fingerprint density at radius 3 is 1.90 bits per heavy atom. The summed E-state index contributed by atoms with van der Waals surface area (Å²) in [6.45, 7) is 8.61. The molecule has 0 aromatic rings.